The van der Waals surface area contributed by atoms with Crippen molar-refractivity contribution in [3.63, 3.8) is 0 Å². The summed E-state index contributed by atoms with van der Waals surface area (Å²) in [7, 11) is 0. The van der Waals surface area contributed by atoms with E-state index in [1.165, 1.54) is 0 Å². The Hall–Kier alpha value is -1.35. The number of hydrogen-bond donors (Lipinski definition) is 0. The summed E-state index contributed by atoms with van der Waals surface area (Å²) in [5, 5.41) is 12.5. The summed E-state index contributed by atoms with van der Waals surface area (Å²) in [4.78, 5) is 6.35. The minimum absolute atomic E-state index is 0. The van der Waals surface area contributed by atoms with E-state index < -0.39 is 0 Å². The van der Waals surface area contributed by atoms with E-state index in [1.54, 1.807) is 0 Å². The van der Waals surface area contributed by atoms with Crippen LogP contribution >= 0.6 is 0 Å². The van der Waals surface area contributed by atoms with Crippen LogP contribution in [0.3, 0.4) is 0 Å². The fraction of sp³-hybridized carbons (Fsp3) is 0.667. The Bertz CT molecular complexity index is 186. The first-order chi connectivity index (χ1) is 7.83. The van der Waals surface area contributed by atoms with Crippen molar-refractivity contribution in [2.24, 2.45) is 0 Å². The third-order valence-corrected chi connectivity index (χ3v) is 1.25. The SMILES string of the molecule is [C-]#N.[C-]#N.[C-]#[N+]CCCC.[C-]#[N+]CCCC.[Pt+2]. The molecule has 96 valence electrons. The molecule has 0 aromatic heterocycles. The maximum atomic E-state index is 6.33. The zero-order valence-electron chi connectivity index (χ0n) is 10.3. The van der Waals surface area contributed by atoms with Gasteiger partial charge in [0.05, 0.1) is 0 Å². The van der Waals surface area contributed by atoms with Crippen LogP contribution < -0.4 is 0 Å². The van der Waals surface area contributed by atoms with Crippen molar-refractivity contribution in [1.29, 1.82) is 10.5 Å². The summed E-state index contributed by atoms with van der Waals surface area (Å²) in [6.45, 7) is 27.7. The molecule has 5 heteroatoms. The van der Waals surface area contributed by atoms with Gasteiger partial charge < -0.3 is 33.4 Å². The van der Waals surface area contributed by atoms with Crippen molar-refractivity contribution >= 4 is 0 Å². The van der Waals surface area contributed by atoms with E-state index in [-0.39, 0.29) is 21.1 Å². The standard InChI is InChI=1S/2C5H9N.2CN.Pt/c2*1-3-4-5-6-2;2*1-2;/h2*3-5H2,1H3;;;/q;;2*-1;+2. The van der Waals surface area contributed by atoms with Gasteiger partial charge in [-0.2, -0.15) is 0 Å². The second-order valence-corrected chi connectivity index (χ2v) is 2.47. The molecular formula is C12H18N4Pt. The maximum Gasteiger partial charge on any atom is 2.00 e. The summed E-state index contributed by atoms with van der Waals surface area (Å²) >= 11 is 0. The van der Waals surface area contributed by atoms with Gasteiger partial charge >= 0.3 is 21.1 Å². The van der Waals surface area contributed by atoms with Gasteiger partial charge in [0.2, 0.25) is 13.1 Å². The number of rotatable bonds is 4. The molecule has 0 radical (unpaired) electrons. The maximum absolute atomic E-state index is 6.33. The molecule has 0 bridgehead atoms. The molecule has 0 amide bonds. The first-order valence-corrected chi connectivity index (χ1v) is 4.94. The van der Waals surface area contributed by atoms with Crippen LogP contribution in [0.5, 0.6) is 0 Å². The molecule has 4 nitrogen and oxygen atoms in total. The molecule has 0 spiro atoms. The molecule has 0 aliphatic rings. The zero-order chi connectivity index (χ0) is 13.7. The van der Waals surface area contributed by atoms with Crippen LogP contribution in [-0.2, 0) is 21.1 Å². The quantitative estimate of drug-likeness (QED) is 0.522. The average Bonchev–Trinajstić information content (AvgIpc) is 2.39. The monoisotopic (exact) mass is 413 g/mol. The molecule has 0 N–H and O–H groups in total. The first-order valence-electron chi connectivity index (χ1n) is 4.94. The summed E-state index contributed by atoms with van der Waals surface area (Å²) in [6, 6.07) is 0. The van der Waals surface area contributed by atoms with Crippen molar-refractivity contribution in [1.82, 2.24) is 0 Å². The molecule has 0 aliphatic carbocycles. The first kappa shape index (κ1) is 29.6. The third-order valence-electron chi connectivity index (χ3n) is 1.25. The third kappa shape index (κ3) is 108. The van der Waals surface area contributed by atoms with E-state index >= 15 is 0 Å². The second kappa shape index (κ2) is 61.7. The van der Waals surface area contributed by atoms with Gasteiger partial charge in [0.15, 0.2) is 0 Å². The van der Waals surface area contributed by atoms with Crippen molar-refractivity contribution < 1.29 is 21.1 Å². The van der Waals surface area contributed by atoms with Gasteiger partial charge in [0, 0.05) is 12.8 Å². The van der Waals surface area contributed by atoms with E-state index in [4.69, 9.17) is 36.8 Å². The van der Waals surface area contributed by atoms with Gasteiger partial charge in [0.1, 0.15) is 0 Å². The Morgan fingerprint density at radius 2 is 1.00 bits per heavy atom. The number of nitrogens with zero attached hydrogens (tertiary/aromatic N) is 4. The molecular weight excluding hydrogens is 395 g/mol. The number of hydrogen-bond acceptors (Lipinski definition) is 2. The molecule has 17 heavy (non-hydrogen) atoms. The fourth-order valence-corrected chi connectivity index (χ4v) is 0.474. The van der Waals surface area contributed by atoms with E-state index in [9.17, 15) is 0 Å². The summed E-state index contributed by atoms with van der Waals surface area (Å²) in [5.41, 5.74) is 0. The van der Waals surface area contributed by atoms with Gasteiger partial charge in [-0.25, -0.2) is 13.1 Å². The van der Waals surface area contributed by atoms with Gasteiger partial charge in [-0.15, -0.1) is 0 Å². The molecule has 0 rings (SSSR count). The fourth-order valence-electron chi connectivity index (χ4n) is 0.474. The van der Waals surface area contributed by atoms with E-state index in [0.717, 1.165) is 25.7 Å². The smallest absolute Gasteiger partial charge is 0.512 e. The van der Waals surface area contributed by atoms with Crippen molar-refractivity contribution in [3.8, 4) is 0 Å². The Morgan fingerprint density at radius 3 is 1.06 bits per heavy atom. The van der Waals surface area contributed by atoms with Crippen LogP contribution in [0, 0.1) is 36.8 Å². The normalized spacial score (nSPS) is 5.41. The van der Waals surface area contributed by atoms with Crippen LogP contribution in [0.25, 0.3) is 9.69 Å². The van der Waals surface area contributed by atoms with E-state index in [1.807, 2.05) is 0 Å². The van der Waals surface area contributed by atoms with E-state index in [2.05, 4.69) is 23.5 Å². The molecule has 0 atom stereocenters. The minimum Gasteiger partial charge on any atom is -0.512 e. The van der Waals surface area contributed by atoms with Crippen molar-refractivity contribution in [3.05, 3.63) is 36.0 Å². The molecule has 0 aromatic rings. The Kier molecular flexibility index (Phi) is 108. The van der Waals surface area contributed by atoms with Gasteiger partial charge in [-0.05, 0) is 12.8 Å². The van der Waals surface area contributed by atoms with E-state index in [0.29, 0.717) is 13.1 Å². The topological polar surface area (TPSA) is 56.3 Å². The van der Waals surface area contributed by atoms with Crippen LogP contribution in [-0.4, -0.2) is 13.1 Å². The average molecular weight is 413 g/mol. The molecule has 0 saturated carbocycles. The molecule has 0 fully saturated rings. The molecule has 0 heterocycles. The summed E-state index contributed by atoms with van der Waals surface area (Å²) in [6.07, 6.45) is 4.40. The Balaban J connectivity index is -0.0000000417. The van der Waals surface area contributed by atoms with Gasteiger partial charge in [-0.1, -0.05) is 13.8 Å². The Morgan fingerprint density at radius 1 is 0.765 bits per heavy atom. The van der Waals surface area contributed by atoms with Crippen LogP contribution in [0.15, 0.2) is 0 Å². The Labute approximate surface area is 120 Å². The van der Waals surface area contributed by atoms with Crippen LogP contribution in [0.4, 0.5) is 0 Å². The largest absolute Gasteiger partial charge is 2.00 e. The summed E-state index contributed by atoms with van der Waals surface area (Å²) < 4.78 is 0. The zero-order valence-corrected chi connectivity index (χ0v) is 12.6. The van der Waals surface area contributed by atoms with Crippen molar-refractivity contribution in [2.75, 3.05) is 13.1 Å². The summed E-state index contributed by atoms with van der Waals surface area (Å²) in [5.74, 6) is 0. The van der Waals surface area contributed by atoms with Crippen molar-refractivity contribution in [2.45, 2.75) is 39.5 Å². The molecule has 0 unspecified atom stereocenters. The molecule has 0 saturated heterocycles. The van der Waals surface area contributed by atoms with Crippen LogP contribution in [0.2, 0.25) is 0 Å². The second-order valence-electron chi connectivity index (χ2n) is 2.47. The minimum atomic E-state index is 0. The predicted octanol–water partition coefficient (Wildman–Crippen LogP) is 3.60. The molecule has 0 aliphatic heterocycles. The predicted molar refractivity (Wildman–Crippen MR) is 62.7 cm³/mol. The number of unbranched alkanes of at least 4 members (excludes halogenated alkanes) is 2. The van der Waals surface area contributed by atoms with Gasteiger partial charge in [0.25, 0.3) is 0 Å². The van der Waals surface area contributed by atoms with Crippen LogP contribution in [0.1, 0.15) is 39.5 Å². The van der Waals surface area contributed by atoms with Gasteiger partial charge in [-0.3, -0.25) is 0 Å². The molecule has 0 aromatic carbocycles.